The monoisotopic (exact) mass is 408 g/mol. The maximum atomic E-state index is 12.7. The first-order valence-electron chi connectivity index (χ1n) is 11.5. The van der Waals surface area contributed by atoms with Gasteiger partial charge in [0.15, 0.2) is 0 Å². The second-order valence-electron chi connectivity index (χ2n) is 12.3. The van der Waals surface area contributed by atoms with Crippen LogP contribution in [-0.4, -0.2) is 82.5 Å². The molecule has 0 unspecified atom stereocenters. The fraction of sp³-hybridized carbons (Fsp3) is 0.958. The molecule has 0 spiro atoms. The van der Waals surface area contributed by atoms with Crippen LogP contribution in [0, 0.1) is 0 Å². The van der Waals surface area contributed by atoms with E-state index in [1.165, 1.54) is 0 Å². The van der Waals surface area contributed by atoms with E-state index in [2.05, 4.69) is 96.5 Å². The van der Waals surface area contributed by atoms with Crippen LogP contribution in [0.1, 0.15) is 87.5 Å². The first-order chi connectivity index (χ1) is 13.0. The molecule has 2 fully saturated rings. The molecule has 2 rings (SSSR count). The smallest absolute Gasteiger partial charge is 0.221 e. The predicted octanol–water partition coefficient (Wildman–Crippen LogP) is 3.73. The molecular weight excluding hydrogens is 360 g/mol. The molecule has 0 aromatic rings. The summed E-state index contributed by atoms with van der Waals surface area (Å²) in [7, 11) is 6.64. The summed E-state index contributed by atoms with van der Waals surface area (Å²) in [4.78, 5) is 20.1. The van der Waals surface area contributed by atoms with Crippen molar-refractivity contribution >= 4 is 5.91 Å². The van der Waals surface area contributed by atoms with Crippen LogP contribution in [0.4, 0.5) is 0 Å². The normalized spacial score (nSPS) is 27.9. The highest BCUT2D eigenvalue weighted by Crippen LogP contribution is 2.39. The van der Waals surface area contributed by atoms with Gasteiger partial charge < -0.3 is 10.2 Å². The van der Waals surface area contributed by atoms with Gasteiger partial charge in [-0.05, 0) is 102 Å². The summed E-state index contributed by atoms with van der Waals surface area (Å²) >= 11 is 0. The molecule has 2 aliphatic heterocycles. The average Bonchev–Trinajstić information content (AvgIpc) is 2.54. The minimum atomic E-state index is 0.0990. The Hall–Kier alpha value is -0.650. The third-order valence-electron chi connectivity index (χ3n) is 8.27. The van der Waals surface area contributed by atoms with Crippen LogP contribution in [-0.2, 0) is 4.79 Å². The van der Waals surface area contributed by atoms with Crippen molar-refractivity contribution in [2.45, 2.75) is 122 Å². The van der Waals surface area contributed by atoms with Crippen molar-refractivity contribution in [3.8, 4) is 0 Å². The van der Waals surface area contributed by atoms with Gasteiger partial charge in [-0.1, -0.05) is 0 Å². The van der Waals surface area contributed by atoms with E-state index in [9.17, 15) is 4.79 Å². The number of nitrogens with zero attached hydrogens (tertiary/aromatic N) is 3. The Morgan fingerprint density at radius 3 is 1.62 bits per heavy atom. The van der Waals surface area contributed by atoms with E-state index in [1.54, 1.807) is 0 Å². The molecule has 0 aromatic heterocycles. The van der Waals surface area contributed by atoms with Gasteiger partial charge in [0, 0.05) is 47.2 Å². The molecule has 1 amide bonds. The fourth-order valence-corrected chi connectivity index (χ4v) is 5.86. The Bertz CT molecular complexity index is 560. The van der Waals surface area contributed by atoms with Crippen LogP contribution in [0.2, 0.25) is 0 Å². The number of likely N-dealkylation sites (tertiary alicyclic amines) is 2. The van der Waals surface area contributed by atoms with Crippen LogP contribution >= 0.6 is 0 Å². The Morgan fingerprint density at radius 1 is 0.828 bits per heavy atom. The van der Waals surface area contributed by atoms with Gasteiger partial charge in [0.1, 0.15) is 0 Å². The lowest BCUT2D eigenvalue weighted by Crippen LogP contribution is -2.63. The molecular formula is C24H48N4O. The third kappa shape index (κ3) is 5.54. The number of hydrogen-bond acceptors (Lipinski definition) is 4. The molecule has 2 saturated heterocycles. The maximum Gasteiger partial charge on any atom is 0.221 e. The van der Waals surface area contributed by atoms with Crippen LogP contribution in [0.15, 0.2) is 0 Å². The molecule has 29 heavy (non-hydrogen) atoms. The zero-order chi connectivity index (χ0) is 22.4. The lowest BCUT2D eigenvalue weighted by atomic mass is 9.77. The first kappa shape index (κ1) is 24.6. The molecule has 0 aromatic carbocycles. The van der Waals surface area contributed by atoms with Crippen LogP contribution in [0.3, 0.4) is 0 Å². The number of carbonyl (C=O) groups is 1. The van der Waals surface area contributed by atoms with Gasteiger partial charge in [-0.15, -0.1) is 0 Å². The van der Waals surface area contributed by atoms with Crippen LogP contribution in [0.25, 0.3) is 0 Å². The number of nitrogens with one attached hydrogen (secondary N) is 1. The standard InChI is InChI=1S/C24H48N4O/c1-21(2)14-18(15-22(3,4)27(21)10)25-20(29)12-13-26(9)19-16-23(5,6)28(11)24(7,8)17-19/h18-19H,12-17H2,1-11H3,(H,25,29). The molecule has 0 radical (unpaired) electrons. The molecule has 2 heterocycles. The Labute approximate surface area is 180 Å². The molecule has 0 saturated carbocycles. The minimum absolute atomic E-state index is 0.0990. The molecule has 5 heteroatoms. The zero-order valence-corrected chi connectivity index (χ0v) is 21.1. The van der Waals surface area contributed by atoms with Crippen molar-refractivity contribution in [3.63, 3.8) is 0 Å². The quantitative estimate of drug-likeness (QED) is 0.752. The van der Waals surface area contributed by atoms with Gasteiger partial charge in [0.05, 0.1) is 0 Å². The van der Waals surface area contributed by atoms with E-state index in [-0.39, 0.29) is 34.1 Å². The maximum absolute atomic E-state index is 12.7. The summed E-state index contributed by atoms with van der Waals surface area (Å²) in [5.74, 6) is 0.199. The molecule has 2 aliphatic rings. The highest BCUT2D eigenvalue weighted by atomic mass is 16.1. The van der Waals surface area contributed by atoms with Crippen molar-refractivity contribution in [1.82, 2.24) is 20.0 Å². The van der Waals surface area contributed by atoms with Gasteiger partial charge in [-0.25, -0.2) is 0 Å². The summed E-state index contributed by atoms with van der Waals surface area (Å²) in [6.07, 6.45) is 4.87. The lowest BCUT2D eigenvalue weighted by molar-refractivity contribution is -0.123. The van der Waals surface area contributed by atoms with Gasteiger partial charge in [0.25, 0.3) is 0 Å². The molecule has 0 atom stereocenters. The first-order valence-corrected chi connectivity index (χ1v) is 11.5. The Kier molecular flexibility index (Phi) is 6.90. The molecule has 170 valence electrons. The van der Waals surface area contributed by atoms with E-state index >= 15 is 0 Å². The SMILES string of the molecule is CN(CCC(=O)NC1CC(C)(C)N(C)C(C)(C)C1)C1CC(C)(C)N(C)C(C)(C)C1. The van der Waals surface area contributed by atoms with Crippen LogP contribution in [0.5, 0.6) is 0 Å². The summed E-state index contributed by atoms with van der Waals surface area (Å²) in [6.45, 7) is 19.3. The largest absolute Gasteiger partial charge is 0.353 e. The minimum Gasteiger partial charge on any atom is -0.353 e. The van der Waals surface area contributed by atoms with Gasteiger partial charge in [-0.3, -0.25) is 14.6 Å². The Balaban J connectivity index is 1.89. The summed E-state index contributed by atoms with van der Waals surface area (Å²) in [5.41, 5.74) is 0.548. The number of hydrogen-bond donors (Lipinski definition) is 1. The second kappa shape index (κ2) is 8.12. The number of rotatable bonds is 5. The summed E-state index contributed by atoms with van der Waals surface area (Å²) in [6, 6.07) is 0.778. The molecule has 1 N–H and O–H groups in total. The Morgan fingerprint density at radius 2 is 1.21 bits per heavy atom. The number of piperidine rings is 2. The molecule has 0 bridgehead atoms. The van der Waals surface area contributed by atoms with Crippen LogP contribution < -0.4 is 5.32 Å². The van der Waals surface area contributed by atoms with Crippen molar-refractivity contribution < 1.29 is 4.79 Å². The van der Waals surface area contributed by atoms with Crippen molar-refractivity contribution in [3.05, 3.63) is 0 Å². The van der Waals surface area contributed by atoms with Crippen molar-refractivity contribution in [1.29, 1.82) is 0 Å². The summed E-state index contributed by atoms with van der Waals surface area (Å²) < 4.78 is 0. The molecule has 5 nitrogen and oxygen atoms in total. The third-order valence-corrected chi connectivity index (χ3v) is 8.27. The lowest BCUT2D eigenvalue weighted by Gasteiger charge is -2.55. The van der Waals surface area contributed by atoms with Gasteiger partial charge in [-0.2, -0.15) is 0 Å². The van der Waals surface area contributed by atoms with E-state index in [4.69, 9.17) is 0 Å². The van der Waals surface area contributed by atoms with E-state index in [0.29, 0.717) is 12.5 Å². The van der Waals surface area contributed by atoms with E-state index in [1.807, 2.05) is 0 Å². The highest BCUT2D eigenvalue weighted by molar-refractivity contribution is 5.76. The van der Waals surface area contributed by atoms with E-state index < -0.39 is 0 Å². The second-order valence-corrected chi connectivity index (χ2v) is 12.3. The van der Waals surface area contributed by atoms with Gasteiger partial charge in [0.2, 0.25) is 5.91 Å². The number of carbonyl (C=O) groups excluding carboxylic acids is 1. The van der Waals surface area contributed by atoms with E-state index in [0.717, 1.165) is 32.2 Å². The fourth-order valence-electron chi connectivity index (χ4n) is 5.86. The zero-order valence-electron chi connectivity index (χ0n) is 21.1. The van der Waals surface area contributed by atoms with Gasteiger partial charge >= 0.3 is 0 Å². The highest BCUT2D eigenvalue weighted by Gasteiger charge is 2.45. The topological polar surface area (TPSA) is 38.8 Å². The number of amides is 1. The average molecular weight is 409 g/mol. The van der Waals surface area contributed by atoms with Crippen molar-refractivity contribution in [2.75, 3.05) is 27.7 Å². The predicted molar refractivity (Wildman–Crippen MR) is 123 cm³/mol. The van der Waals surface area contributed by atoms with Crippen molar-refractivity contribution in [2.24, 2.45) is 0 Å². The summed E-state index contributed by atoms with van der Waals surface area (Å²) in [5, 5.41) is 3.35. The molecule has 0 aliphatic carbocycles.